The van der Waals surface area contributed by atoms with Gasteiger partial charge in [0.1, 0.15) is 6.29 Å². The number of carbonyl (C=O) groups excluding carboxylic acids is 1. The van der Waals surface area contributed by atoms with Gasteiger partial charge in [0.2, 0.25) is 0 Å². The van der Waals surface area contributed by atoms with Crippen LogP contribution in [-0.4, -0.2) is 6.29 Å². The van der Waals surface area contributed by atoms with Crippen LogP contribution >= 0.6 is 0 Å². The summed E-state index contributed by atoms with van der Waals surface area (Å²) in [5.41, 5.74) is 0. The molecule has 47 valence electrons. The van der Waals surface area contributed by atoms with Crippen LogP contribution in [0.25, 0.3) is 0 Å². The van der Waals surface area contributed by atoms with Crippen molar-refractivity contribution in [3.05, 3.63) is 6.42 Å². The minimum atomic E-state index is 0.507. The molecule has 0 aromatic carbocycles. The third-order valence-corrected chi connectivity index (χ3v) is 1.39. The van der Waals surface area contributed by atoms with Crippen LogP contribution in [0.3, 0.4) is 0 Å². The quantitative estimate of drug-likeness (QED) is 0.508. The van der Waals surface area contributed by atoms with Gasteiger partial charge in [0, 0.05) is 6.42 Å². The van der Waals surface area contributed by atoms with Gasteiger partial charge in [0.25, 0.3) is 0 Å². The minimum Gasteiger partial charge on any atom is -0.303 e. The Labute approximate surface area is 51.1 Å². The number of carbonyl (C=O) groups is 1. The Bertz CT molecular complexity index is 55.4. The molecule has 0 aromatic rings. The summed E-state index contributed by atoms with van der Waals surface area (Å²) in [7, 11) is 0. The fraction of sp³-hybridized carbons (Fsp3) is 0.714. The van der Waals surface area contributed by atoms with Crippen LogP contribution in [0.15, 0.2) is 0 Å². The first kappa shape index (κ1) is 7.67. The molecule has 0 aliphatic carbocycles. The summed E-state index contributed by atoms with van der Waals surface area (Å²) < 4.78 is 0. The van der Waals surface area contributed by atoms with E-state index in [4.69, 9.17) is 0 Å². The zero-order chi connectivity index (χ0) is 6.41. The highest BCUT2D eigenvalue weighted by atomic mass is 16.1. The Kier molecular flexibility index (Phi) is 4.62. The summed E-state index contributed by atoms with van der Waals surface area (Å²) in [6, 6.07) is 0. The first-order chi connectivity index (χ1) is 3.85. The van der Waals surface area contributed by atoms with E-state index in [0.717, 1.165) is 12.7 Å². The van der Waals surface area contributed by atoms with Crippen molar-refractivity contribution in [3.63, 3.8) is 0 Å². The average molecular weight is 113 g/mol. The lowest BCUT2D eigenvalue weighted by Gasteiger charge is -2.04. The number of hydrogen-bond donors (Lipinski definition) is 0. The first-order valence-corrected chi connectivity index (χ1v) is 3.08. The molecular weight excluding hydrogens is 100 g/mol. The van der Waals surface area contributed by atoms with E-state index in [1.165, 1.54) is 0 Å². The predicted octanol–water partition coefficient (Wildman–Crippen LogP) is 1.83. The van der Waals surface area contributed by atoms with E-state index >= 15 is 0 Å². The molecule has 1 radical (unpaired) electrons. The molecule has 0 saturated heterocycles. The molecule has 8 heavy (non-hydrogen) atoms. The zero-order valence-corrected chi connectivity index (χ0v) is 5.55. The molecular formula is C7H13O. The third-order valence-electron chi connectivity index (χ3n) is 1.39. The molecule has 1 heteroatoms. The smallest absolute Gasteiger partial charge is 0.120 e. The summed E-state index contributed by atoms with van der Waals surface area (Å²) in [6.45, 7) is 4.09. The van der Waals surface area contributed by atoms with Gasteiger partial charge in [-0.05, 0) is 12.3 Å². The van der Waals surface area contributed by atoms with Crippen molar-refractivity contribution in [1.29, 1.82) is 0 Å². The maximum Gasteiger partial charge on any atom is 0.120 e. The fourth-order valence-corrected chi connectivity index (χ4v) is 0.662. The number of rotatable bonds is 4. The average Bonchev–Trinajstić information content (AvgIpc) is 1.83. The van der Waals surface area contributed by atoms with Gasteiger partial charge in [-0.15, -0.1) is 0 Å². The zero-order valence-electron chi connectivity index (χ0n) is 5.55. The predicted molar refractivity (Wildman–Crippen MR) is 34.4 cm³/mol. The molecule has 0 spiro atoms. The van der Waals surface area contributed by atoms with Crippen LogP contribution in [0.4, 0.5) is 0 Å². The second-order valence-electron chi connectivity index (χ2n) is 1.90. The van der Waals surface area contributed by atoms with Crippen LogP contribution in [-0.2, 0) is 4.79 Å². The van der Waals surface area contributed by atoms with Crippen molar-refractivity contribution < 1.29 is 4.79 Å². The van der Waals surface area contributed by atoms with E-state index in [-0.39, 0.29) is 0 Å². The molecule has 1 nitrogen and oxygen atoms in total. The molecule has 0 aromatic heterocycles. The van der Waals surface area contributed by atoms with Gasteiger partial charge < -0.3 is 4.79 Å². The SMILES string of the molecule is C[CH]C(CC)CC=O. The first-order valence-electron chi connectivity index (χ1n) is 3.08. The molecule has 0 rings (SSSR count). The van der Waals surface area contributed by atoms with Crippen LogP contribution < -0.4 is 0 Å². The third kappa shape index (κ3) is 2.78. The largest absolute Gasteiger partial charge is 0.303 e. The van der Waals surface area contributed by atoms with E-state index in [9.17, 15) is 4.79 Å². The molecule has 0 aliphatic rings. The summed E-state index contributed by atoms with van der Waals surface area (Å²) in [4.78, 5) is 9.91. The summed E-state index contributed by atoms with van der Waals surface area (Å²) in [6.07, 6.45) is 4.82. The van der Waals surface area contributed by atoms with Crippen molar-refractivity contribution in [3.8, 4) is 0 Å². The highest BCUT2D eigenvalue weighted by Crippen LogP contribution is 2.08. The molecule has 0 N–H and O–H groups in total. The van der Waals surface area contributed by atoms with Crippen LogP contribution in [0.1, 0.15) is 26.7 Å². The Morgan fingerprint density at radius 1 is 1.62 bits per heavy atom. The standard InChI is InChI=1S/C7H13O/c1-3-7(4-2)5-6-8/h3,6-7H,4-5H2,1-2H3. The Morgan fingerprint density at radius 3 is 2.38 bits per heavy atom. The highest BCUT2D eigenvalue weighted by Gasteiger charge is 1.99. The molecule has 1 unspecified atom stereocenters. The molecule has 0 bridgehead atoms. The molecule has 0 fully saturated rings. The summed E-state index contributed by atoms with van der Waals surface area (Å²) >= 11 is 0. The van der Waals surface area contributed by atoms with E-state index < -0.39 is 0 Å². The van der Waals surface area contributed by atoms with Crippen molar-refractivity contribution in [2.24, 2.45) is 5.92 Å². The van der Waals surface area contributed by atoms with Gasteiger partial charge in [0.15, 0.2) is 0 Å². The van der Waals surface area contributed by atoms with Gasteiger partial charge in [0.05, 0.1) is 0 Å². The maximum atomic E-state index is 9.91. The lowest BCUT2D eigenvalue weighted by molar-refractivity contribution is -0.108. The molecule has 0 heterocycles. The number of hydrogen-bond acceptors (Lipinski definition) is 1. The Morgan fingerprint density at radius 2 is 2.25 bits per heavy atom. The fourth-order valence-electron chi connectivity index (χ4n) is 0.662. The van der Waals surface area contributed by atoms with Gasteiger partial charge >= 0.3 is 0 Å². The molecule has 0 amide bonds. The van der Waals surface area contributed by atoms with Crippen molar-refractivity contribution in [1.82, 2.24) is 0 Å². The van der Waals surface area contributed by atoms with Gasteiger partial charge in [-0.1, -0.05) is 20.3 Å². The monoisotopic (exact) mass is 113 g/mol. The van der Waals surface area contributed by atoms with E-state index in [0.29, 0.717) is 12.3 Å². The topological polar surface area (TPSA) is 17.1 Å². The van der Waals surface area contributed by atoms with Crippen molar-refractivity contribution in [2.45, 2.75) is 26.7 Å². The second-order valence-corrected chi connectivity index (χ2v) is 1.90. The van der Waals surface area contributed by atoms with Gasteiger partial charge in [-0.3, -0.25) is 0 Å². The van der Waals surface area contributed by atoms with Crippen LogP contribution in [0, 0.1) is 12.3 Å². The second kappa shape index (κ2) is 4.82. The maximum absolute atomic E-state index is 9.91. The number of aldehydes is 1. The van der Waals surface area contributed by atoms with Crippen molar-refractivity contribution >= 4 is 6.29 Å². The van der Waals surface area contributed by atoms with Crippen molar-refractivity contribution in [2.75, 3.05) is 0 Å². The van der Waals surface area contributed by atoms with Gasteiger partial charge in [-0.2, -0.15) is 0 Å². The Hall–Kier alpha value is -0.330. The lowest BCUT2D eigenvalue weighted by Crippen LogP contribution is -1.96. The minimum absolute atomic E-state index is 0.507. The van der Waals surface area contributed by atoms with E-state index in [1.54, 1.807) is 0 Å². The molecule has 1 atom stereocenters. The Balaban J connectivity index is 3.20. The highest BCUT2D eigenvalue weighted by molar-refractivity contribution is 5.49. The molecule has 0 aliphatic heterocycles. The van der Waals surface area contributed by atoms with Crippen LogP contribution in [0.2, 0.25) is 0 Å². The van der Waals surface area contributed by atoms with E-state index in [2.05, 4.69) is 13.3 Å². The van der Waals surface area contributed by atoms with Crippen LogP contribution in [0.5, 0.6) is 0 Å². The molecule has 0 saturated carbocycles. The van der Waals surface area contributed by atoms with E-state index in [1.807, 2.05) is 6.92 Å². The summed E-state index contributed by atoms with van der Waals surface area (Å²) in [5.74, 6) is 0.507. The lowest BCUT2D eigenvalue weighted by atomic mass is 10.0. The van der Waals surface area contributed by atoms with Gasteiger partial charge in [-0.25, -0.2) is 0 Å². The summed E-state index contributed by atoms with van der Waals surface area (Å²) in [5, 5.41) is 0. The normalized spacial score (nSPS) is 9.88.